The second-order valence-electron chi connectivity index (χ2n) is 4.79. The lowest BCUT2D eigenvalue weighted by atomic mass is 10.1. The largest absolute Gasteiger partial charge is 0.421 e. The Balaban J connectivity index is 1.95. The van der Waals surface area contributed by atoms with Gasteiger partial charge in [-0.2, -0.15) is 0 Å². The van der Waals surface area contributed by atoms with Crippen LogP contribution in [0.4, 0.5) is 0 Å². The number of nitrogens with one attached hydrogen (secondary N) is 1. The summed E-state index contributed by atoms with van der Waals surface area (Å²) in [6.45, 7) is 2.00. The normalized spacial score (nSPS) is 11.4. The SMILES string of the molecule is CCc1nnc(-c2ccc3[nH]c4ccccc4c3c2)o1. The molecule has 4 rings (SSSR count). The molecule has 2 aromatic carbocycles. The van der Waals surface area contributed by atoms with Gasteiger partial charge in [0.1, 0.15) is 0 Å². The zero-order valence-electron chi connectivity index (χ0n) is 11.1. The first-order valence-corrected chi connectivity index (χ1v) is 6.68. The Morgan fingerprint density at radius 3 is 2.70 bits per heavy atom. The predicted octanol–water partition coefficient (Wildman–Crippen LogP) is 3.93. The lowest BCUT2D eigenvalue weighted by molar-refractivity contribution is 0.513. The maximum atomic E-state index is 5.62. The van der Waals surface area contributed by atoms with Crippen LogP contribution in [-0.4, -0.2) is 15.2 Å². The van der Waals surface area contributed by atoms with Crippen molar-refractivity contribution in [3.63, 3.8) is 0 Å². The molecule has 4 heteroatoms. The van der Waals surface area contributed by atoms with Gasteiger partial charge in [-0.1, -0.05) is 25.1 Å². The van der Waals surface area contributed by atoms with Crippen LogP contribution in [0.15, 0.2) is 46.9 Å². The molecular formula is C16H13N3O. The Morgan fingerprint density at radius 2 is 1.85 bits per heavy atom. The van der Waals surface area contributed by atoms with E-state index in [2.05, 4.69) is 39.4 Å². The number of rotatable bonds is 2. The molecule has 2 aromatic heterocycles. The zero-order chi connectivity index (χ0) is 13.5. The van der Waals surface area contributed by atoms with E-state index in [4.69, 9.17) is 4.42 Å². The first kappa shape index (κ1) is 11.2. The maximum Gasteiger partial charge on any atom is 0.247 e. The first-order valence-electron chi connectivity index (χ1n) is 6.68. The van der Waals surface area contributed by atoms with Crippen LogP contribution in [0.5, 0.6) is 0 Å². The summed E-state index contributed by atoms with van der Waals surface area (Å²) in [5.41, 5.74) is 3.21. The maximum absolute atomic E-state index is 5.62. The van der Waals surface area contributed by atoms with Crippen molar-refractivity contribution < 1.29 is 4.42 Å². The van der Waals surface area contributed by atoms with Crippen LogP contribution in [0, 0.1) is 0 Å². The molecule has 2 heterocycles. The van der Waals surface area contributed by atoms with E-state index in [1.807, 2.05) is 25.1 Å². The standard InChI is InChI=1S/C16H13N3O/c1-2-15-18-19-16(20-15)10-7-8-14-12(9-10)11-5-3-4-6-13(11)17-14/h3-9,17H,2H2,1H3. The predicted molar refractivity (Wildman–Crippen MR) is 78.5 cm³/mol. The van der Waals surface area contributed by atoms with Gasteiger partial charge in [-0.3, -0.25) is 0 Å². The molecule has 4 aromatic rings. The van der Waals surface area contributed by atoms with Crippen molar-refractivity contribution in [3.8, 4) is 11.5 Å². The van der Waals surface area contributed by atoms with E-state index in [0.717, 1.165) is 23.0 Å². The third-order valence-electron chi connectivity index (χ3n) is 3.52. The molecular weight excluding hydrogens is 250 g/mol. The summed E-state index contributed by atoms with van der Waals surface area (Å²) in [6, 6.07) is 14.4. The molecule has 0 unspecified atom stereocenters. The van der Waals surface area contributed by atoms with Gasteiger partial charge in [0.05, 0.1) is 0 Å². The molecule has 0 saturated carbocycles. The summed E-state index contributed by atoms with van der Waals surface area (Å²) in [7, 11) is 0. The third-order valence-corrected chi connectivity index (χ3v) is 3.52. The molecule has 0 spiro atoms. The van der Waals surface area contributed by atoms with Crippen LogP contribution in [0.2, 0.25) is 0 Å². The Morgan fingerprint density at radius 1 is 1.00 bits per heavy atom. The molecule has 0 amide bonds. The number of H-pyrrole nitrogens is 1. The second kappa shape index (κ2) is 4.20. The van der Waals surface area contributed by atoms with Gasteiger partial charge in [-0.15, -0.1) is 10.2 Å². The van der Waals surface area contributed by atoms with E-state index in [0.29, 0.717) is 11.8 Å². The fourth-order valence-electron chi connectivity index (χ4n) is 2.49. The van der Waals surface area contributed by atoms with Gasteiger partial charge in [0.25, 0.3) is 0 Å². The zero-order valence-corrected chi connectivity index (χ0v) is 11.1. The highest BCUT2D eigenvalue weighted by Crippen LogP contribution is 2.29. The fourth-order valence-corrected chi connectivity index (χ4v) is 2.49. The van der Waals surface area contributed by atoms with Crippen molar-refractivity contribution in [3.05, 3.63) is 48.4 Å². The molecule has 1 N–H and O–H groups in total. The van der Waals surface area contributed by atoms with Gasteiger partial charge in [-0.05, 0) is 24.3 Å². The van der Waals surface area contributed by atoms with Crippen LogP contribution < -0.4 is 0 Å². The number of para-hydroxylation sites is 1. The number of aromatic amines is 1. The number of aromatic nitrogens is 3. The van der Waals surface area contributed by atoms with Crippen LogP contribution in [0.25, 0.3) is 33.3 Å². The van der Waals surface area contributed by atoms with E-state index < -0.39 is 0 Å². The smallest absolute Gasteiger partial charge is 0.247 e. The molecule has 0 fully saturated rings. The van der Waals surface area contributed by atoms with Gasteiger partial charge in [0.2, 0.25) is 11.8 Å². The summed E-state index contributed by atoms with van der Waals surface area (Å²) in [4.78, 5) is 3.41. The summed E-state index contributed by atoms with van der Waals surface area (Å²) in [6.07, 6.45) is 0.752. The molecule has 4 nitrogen and oxygen atoms in total. The highest BCUT2D eigenvalue weighted by molar-refractivity contribution is 6.08. The number of hydrogen-bond acceptors (Lipinski definition) is 3. The van der Waals surface area contributed by atoms with Gasteiger partial charge in [0, 0.05) is 33.8 Å². The van der Waals surface area contributed by atoms with E-state index in [-0.39, 0.29) is 0 Å². The number of nitrogens with zero attached hydrogens (tertiary/aromatic N) is 2. The average Bonchev–Trinajstić information content (AvgIpc) is 3.11. The third kappa shape index (κ3) is 1.61. The summed E-state index contributed by atoms with van der Waals surface area (Å²) < 4.78 is 5.62. The first-order chi connectivity index (χ1) is 9.85. The minimum Gasteiger partial charge on any atom is -0.421 e. The number of fused-ring (bicyclic) bond motifs is 3. The average molecular weight is 263 g/mol. The van der Waals surface area contributed by atoms with Crippen molar-refractivity contribution in [1.82, 2.24) is 15.2 Å². The van der Waals surface area contributed by atoms with Crippen LogP contribution in [0.1, 0.15) is 12.8 Å². The highest BCUT2D eigenvalue weighted by atomic mass is 16.4. The Bertz CT molecular complexity index is 904. The molecule has 0 bridgehead atoms. The van der Waals surface area contributed by atoms with Gasteiger partial charge < -0.3 is 9.40 Å². The minimum absolute atomic E-state index is 0.578. The molecule has 0 aliphatic heterocycles. The second-order valence-corrected chi connectivity index (χ2v) is 4.79. The van der Waals surface area contributed by atoms with Crippen LogP contribution in [-0.2, 0) is 6.42 Å². The molecule has 98 valence electrons. The fraction of sp³-hybridized carbons (Fsp3) is 0.125. The monoisotopic (exact) mass is 263 g/mol. The molecule has 20 heavy (non-hydrogen) atoms. The van der Waals surface area contributed by atoms with Crippen molar-refractivity contribution in [1.29, 1.82) is 0 Å². The summed E-state index contributed by atoms with van der Waals surface area (Å²) in [5, 5.41) is 10.5. The van der Waals surface area contributed by atoms with E-state index in [1.165, 1.54) is 10.8 Å². The molecule has 0 atom stereocenters. The van der Waals surface area contributed by atoms with Crippen molar-refractivity contribution >= 4 is 21.8 Å². The van der Waals surface area contributed by atoms with E-state index in [9.17, 15) is 0 Å². The van der Waals surface area contributed by atoms with Gasteiger partial charge in [-0.25, -0.2) is 0 Å². The summed E-state index contributed by atoms with van der Waals surface area (Å²) in [5.74, 6) is 1.24. The summed E-state index contributed by atoms with van der Waals surface area (Å²) >= 11 is 0. The number of benzene rings is 2. The van der Waals surface area contributed by atoms with Crippen LogP contribution >= 0.6 is 0 Å². The number of aryl methyl sites for hydroxylation is 1. The molecule has 0 aliphatic carbocycles. The van der Waals surface area contributed by atoms with Crippen LogP contribution in [0.3, 0.4) is 0 Å². The topological polar surface area (TPSA) is 54.7 Å². The Labute approximate surface area is 115 Å². The Kier molecular flexibility index (Phi) is 2.36. The van der Waals surface area contributed by atoms with Crippen molar-refractivity contribution in [2.45, 2.75) is 13.3 Å². The van der Waals surface area contributed by atoms with Crippen molar-refractivity contribution in [2.24, 2.45) is 0 Å². The number of hydrogen-bond donors (Lipinski definition) is 1. The highest BCUT2D eigenvalue weighted by Gasteiger charge is 2.10. The lowest BCUT2D eigenvalue weighted by Gasteiger charge is -1.96. The minimum atomic E-state index is 0.578. The molecule has 0 saturated heterocycles. The lowest BCUT2D eigenvalue weighted by Crippen LogP contribution is -1.78. The molecule has 0 aliphatic rings. The van der Waals surface area contributed by atoms with E-state index in [1.54, 1.807) is 0 Å². The Hall–Kier alpha value is -2.62. The van der Waals surface area contributed by atoms with Crippen molar-refractivity contribution in [2.75, 3.05) is 0 Å². The quantitative estimate of drug-likeness (QED) is 0.596. The van der Waals surface area contributed by atoms with Gasteiger partial charge >= 0.3 is 0 Å². The van der Waals surface area contributed by atoms with E-state index >= 15 is 0 Å². The van der Waals surface area contributed by atoms with Gasteiger partial charge in [0.15, 0.2) is 0 Å². The molecule has 0 radical (unpaired) electrons.